The van der Waals surface area contributed by atoms with E-state index in [0.717, 1.165) is 23.9 Å². The Hall–Kier alpha value is -2.33. The molecule has 3 rings (SSSR count). The fourth-order valence-electron chi connectivity index (χ4n) is 2.88. The highest BCUT2D eigenvalue weighted by Crippen LogP contribution is 2.31. The molecule has 0 amide bonds. The Balaban J connectivity index is 2.00. The van der Waals surface area contributed by atoms with Crippen LogP contribution >= 0.6 is 0 Å². The van der Waals surface area contributed by atoms with Gasteiger partial charge in [-0.2, -0.15) is 0 Å². The lowest BCUT2D eigenvalue weighted by molar-refractivity contribution is 0.401. The number of methoxy groups -OCH3 is 1. The van der Waals surface area contributed by atoms with Crippen molar-refractivity contribution in [3.05, 3.63) is 59.7 Å². The number of benzene rings is 2. The third-order valence-corrected chi connectivity index (χ3v) is 4.03. The molecule has 114 valence electrons. The number of aromatic nitrogens is 2. The zero-order chi connectivity index (χ0) is 15.4. The van der Waals surface area contributed by atoms with Gasteiger partial charge in [-0.1, -0.05) is 36.4 Å². The van der Waals surface area contributed by atoms with Gasteiger partial charge in [-0.15, -0.1) is 5.10 Å². The van der Waals surface area contributed by atoms with Crippen LogP contribution in [-0.2, 0) is 0 Å². The predicted octanol–water partition coefficient (Wildman–Crippen LogP) is 3.31. The summed E-state index contributed by atoms with van der Waals surface area (Å²) < 4.78 is 5.26. The van der Waals surface area contributed by atoms with Crippen LogP contribution in [0.4, 0.5) is 0 Å². The second-order valence-electron chi connectivity index (χ2n) is 5.39. The summed E-state index contributed by atoms with van der Waals surface area (Å²) in [6, 6.07) is 17.1. The maximum atomic E-state index is 5.26. The molecule has 0 aliphatic heterocycles. The van der Waals surface area contributed by atoms with Crippen LogP contribution in [-0.4, -0.2) is 30.9 Å². The molecule has 4 nitrogen and oxygen atoms in total. The number of hydrogen-bond acceptors (Lipinski definition) is 3. The van der Waals surface area contributed by atoms with Gasteiger partial charge in [0.25, 0.3) is 0 Å². The van der Waals surface area contributed by atoms with Gasteiger partial charge in [-0.25, -0.2) is 0 Å². The number of nitrogens with zero attached hydrogens (tertiary/aromatic N) is 1. The van der Waals surface area contributed by atoms with E-state index in [2.05, 4.69) is 64.0 Å². The van der Waals surface area contributed by atoms with Gasteiger partial charge in [0, 0.05) is 5.92 Å². The van der Waals surface area contributed by atoms with Crippen molar-refractivity contribution in [1.82, 2.24) is 15.5 Å². The summed E-state index contributed by atoms with van der Waals surface area (Å²) in [5.74, 6) is 1.01. The van der Waals surface area contributed by atoms with Crippen molar-refractivity contribution in [3.63, 3.8) is 0 Å². The Kier molecular flexibility index (Phi) is 4.39. The SMILES string of the molecule is CNCC[C@@H](c1ccccc1)c1ccc2c(OC)n[nH]c2c1. The van der Waals surface area contributed by atoms with Gasteiger partial charge in [-0.3, -0.25) is 5.10 Å². The van der Waals surface area contributed by atoms with Gasteiger partial charge in [0.05, 0.1) is 18.0 Å². The number of fused-ring (bicyclic) bond motifs is 1. The van der Waals surface area contributed by atoms with Crippen molar-refractivity contribution in [2.45, 2.75) is 12.3 Å². The largest absolute Gasteiger partial charge is 0.480 e. The molecule has 0 fully saturated rings. The molecule has 1 aromatic heterocycles. The molecule has 1 atom stereocenters. The minimum absolute atomic E-state index is 0.368. The molecule has 2 N–H and O–H groups in total. The lowest BCUT2D eigenvalue weighted by Crippen LogP contribution is -2.13. The number of nitrogens with one attached hydrogen (secondary N) is 2. The van der Waals surface area contributed by atoms with Crippen LogP contribution in [0.2, 0.25) is 0 Å². The summed E-state index contributed by atoms with van der Waals surface area (Å²) in [5.41, 5.74) is 3.64. The molecule has 22 heavy (non-hydrogen) atoms. The first-order valence-corrected chi connectivity index (χ1v) is 7.55. The third kappa shape index (κ3) is 2.83. The predicted molar refractivity (Wildman–Crippen MR) is 89.5 cm³/mol. The summed E-state index contributed by atoms with van der Waals surface area (Å²) in [6.45, 7) is 0.976. The first kappa shape index (κ1) is 14.6. The summed E-state index contributed by atoms with van der Waals surface area (Å²) in [4.78, 5) is 0. The quantitative estimate of drug-likeness (QED) is 0.733. The molecule has 0 saturated carbocycles. The van der Waals surface area contributed by atoms with Gasteiger partial charge >= 0.3 is 0 Å². The molecule has 0 spiro atoms. The highest BCUT2D eigenvalue weighted by Gasteiger charge is 2.15. The van der Waals surface area contributed by atoms with Crippen molar-refractivity contribution in [2.24, 2.45) is 0 Å². The van der Waals surface area contributed by atoms with Gasteiger partial charge in [0.2, 0.25) is 5.88 Å². The van der Waals surface area contributed by atoms with Crippen LogP contribution in [0.3, 0.4) is 0 Å². The van der Waals surface area contributed by atoms with Crippen LogP contribution in [0.15, 0.2) is 48.5 Å². The van der Waals surface area contributed by atoms with Gasteiger partial charge in [0.15, 0.2) is 0 Å². The van der Waals surface area contributed by atoms with Crippen LogP contribution in [0.25, 0.3) is 10.9 Å². The smallest absolute Gasteiger partial charge is 0.240 e. The maximum absolute atomic E-state index is 5.26. The second kappa shape index (κ2) is 6.62. The number of ether oxygens (including phenoxy) is 1. The number of H-pyrrole nitrogens is 1. The minimum Gasteiger partial charge on any atom is -0.480 e. The van der Waals surface area contributed by atoms with Crippen molar-refractivity contribution in [2.75, 3.05) is 20.7 Å². The van der Waals surface area contributed by atoms with E-state index in [1.807, 2.05) is 7.05 Å². The first-order valence-electron chi connectivity index (χ1n) is 7.55. The number of rotatable bonds is 6. The lowest BCUT2D eigenvalue weighted by atomic mass is 9.88. The zero-order valence-corrected chi connectivity index (χ0v) is 13.0. The third-order valence-electron chi connectivity index (χ3n) is 4.03. The van der Waals surface area contributed by atoms with E-state index in [-0.39, 0.29) is 0 Å². The summed E-state index contributed by atoms with van der Waals surface area (Å²) in [5, 5.41) is 11.5. The van der Waals surface area contributed by atoms with Crippen molar-refractivity contribution >= 4 is 10.9 Å². The molecule has 0 saturated heterocycles. The van der Waals surface area contributed by atoms with E-state index in [4.69, 9.17) is 4.74 Å². The normalized spacial score (nSPS) is 12.5. The average Bonchev–Trinajstić information content (AvgIpc) is 2.98. The first-order chi connectivity index (χ1) is 10.8. The van der Waals surface area contributed by atoms with Crippen LogP contribution in [0.5, 0.6) is 5.88 Å². The zero-order valence-electron chi connectivity index (χ0n) is 13.0. The Bertz CT molecular complexity index is 736. The van der Waals surface area contributed by atoms with E-state index in [1.54, 1.807) is 7.11 Å². The van der Waals surface area contributed by atoms with E-state index >= 15 is 0 Å². The van der Waals surface area contributed by atoms with Crippen molar-refractivity contribution < 1.29 is 4.74 Å². The molecule has 1 heterocycles. The number of aromatic amines is 1. The van der Waals surface area contributed by atoms with Gasteiger partial charge in [0.1, 0.15) is 0 Å². The van der Waals surface area contributed by atoms with Crippen LogP contribution in [0.1, 0.15) is 23.5 Å². The minimum atomic E-state index is 0.368. The Morgan fingerprint density at radius 1 is 1.14 bits per heavy atom. The molecular formula is C18H21N3O. The lowest BCUT2D eigenvalue weighted by Gasteiger charge is -2.18. The monoisotopic (exact) mass is 295 g/mol. The maximum Gasteiger partial charge on any atom is 0.240 e. The topological polar surface area (TPSA) is 49.9 Å². The standard InChI is InChI=1S/C18H21N3O/c1-19-11-10-15(13-6-4-3-5-7-13)14-8-9-16-17(12-14)20-21-18(16)22-2/h3-9,12,15,19H,10-11H2,1-2H3,(H,20,21)/t15-/m0/s1. The van der Waals surface area contributed by atoms with Crippen molar-refractivity contribution in [3.8, 4) is 5.88 Å². The molecule has 0 unspecified atom stereocenters. The van der Waals surface area contributed by atoms with Crippen LogP contribution < -0.4 is 10.1 Å². The van der Waals surface area contributed by atoms with E-state index < -0.39 is 0 Å². The highest BCUT2D eigenvalue weighted by atomic mass is 16.5. The second-order valence-corrected chi connectivity index (χ2v) is 5.39. The van der Waals surface area contributed by atoms with E-state index in [9.17, 15) is 0 Å². The Labute approximate surface area is 130 Å². The molecule has 0 radical (unpaired) electrons. The Morgan fingerprint density at radius 2 is 1.95 bits per heavy atom. The van der Waals surface area contributed by atoms with E-state index in [1.165, 1.54) is 11.1 Å². The molecule has 0 bridgehead atoms. The fourth-order valence-corrected chi connectivity index (χ4v) is 2.88. The summed E-state index contributed by atoms with van der Waals surface area (Å²) in [7, 11) is 3.63. The molecule has 2 aromatic carbocycles. The van der Waals surface area contributed by atoms with Gasteiger partial charge < -0.3 is 10.1 Å². The molecule has 0 aliphatic rings. The Morgan fingerprint density at radius 3 is 2.68 bits per heavy atom. The van der Waals surface area contributed by atoms with E-state index in [0.29, 0.717) is 11.8 Å². The molecule has 4 heteroatoms. The van der Waals surface area contributed by atoms with Crippen LogP contribution in [0, 0.1) is 0 Å². The molecule has 3 aromatic rings. The molecule has 0 aliphatic carbocycles. The summed E-state index contributed by atoms with van der Waals surface area (Å²) >= 11 is 0. The van der Waals surface area contributed by atoms with Gasteiger partial charge in [-0.05, 0) is 43.3 Å². The average molecular weight is 295 g/mol. The highest BCUT2D eigenvalue weighted by molar-refractivity contribution is 5.84. The van der Waals surface area contributed by atoms with Crippen molar-refractivity contribution in [1.29, 1.82) is 0 Å². The number of hydrogen-bond donors (Lipinski definition) is 2. The molecular weight excluding hydrogens is 274 g/mol. The fraction of sp³-hybridized carbons (Fsp3) is 0.278. The summed E-state index contributed by atoms with van der Waals surface area (Å²) in [6.07, 6.45) is 1.05.